The third-order valence-electron chi connectivity index (χ3n) is 6.15. The number of hydrogen-bond donors (Lipinski definition) is 2. The SMILES string of the molecule is NC(=O)c1cn([C@H]2C[C@]3(CCNC3)C2)nc1-c1ccc(Oc2ccccc2)cc1. The van der Waals surface area contributed by atoms with Gasteiger partial charge in [0.05, 0.1) is 11.6 Å². The van der Waals surface area contributed by atoms with E-state index in [4.69, 9.17) is 15.6 Å². The number of carbonyl (C=O) groups excluding carboxylic acids is 1. The van der Waals surface area contributed by atoms with Gasteiger partial charge in [-0.25, -0.2) is 0 Å². The normalized spacial score (nSPS) is 23.1. The lowest BCUT2D eigenvalue weighted by Gasteiger charge is -2.44. The van der Waals surface area contributed by atoms with E-state index in [1.165, 1.54) is 6.42 Å². The Labute approximate surface area is 169 Å². The minimum atomic E-state index is -0.451. The summed E-state index contributed by atoms with van der Waals surface area (Å²) in [6, 6.07) is 17.6. The van der Waals surface area contributed by atoms with Gasteiger partial charge in [0, 0.05) is 18.3 Å². The van der Waals surface area contributed by atoms with Crippen LogP contribution >= 0.6 is 0 Å². The average Bonchev–Trinajstić information content (AvgIpc) is 3.36. The van der Waals surface area contributed by atoms with Crippen molar-refractivity contribution in [1.29, 1.82) is 0 Å². The van der Waals surface area contributed by atoms with Gasteiger partial charge in [-0.3, -0.25) is 9.48 Å². The van der Waals surface area contributed by atoms with Gasteiger partial charge in [-0.1, -0.05) is 18.2 Å². The van der Waals surface area contributed by atoms with Crippen LogP contribution in [0.4, 0.5) is 0 Å². The highest BCUT2D eigenvalue weighted by Gasteiger charge is 2.47. The molecule has 2 aliphatic rings. The molecule has 0 atom stereocenters. The van der Waals surface area contributed by atoms with E-state index < -0.39 is 5.91 Å². The summed E-state index contributed by atoms with van der Waals surface area (Å²) in [5.74, 6) is 1.06. The maximum absolute atomic E-state index is 12.0. The Morgan fingerprint density at radius 1 is 1.10 bits per heavy atom. The zero-order valence-corrected chi connectivity index (χ0v) is 16.2. The van der Waals surface area contributed by atoms with Gasteiger partial charge in [-0.05, 0) is 67.6 Å². The van der Waals surface area contributed by atoms with E-state index in [0.717, 1.165) is 43.0 Å². The molecule has 3 aromatic rings. The number of rotatable bonds is 5. The summed E-state index contributed by atoms with van der Waals surface area (Å²) < 4.78 is 7.79. The molecule has 1 amide bonds. The third kappa shape index (κ3) is 3.40. The van der Waals surface area contributed by atoms with Crippen molar-refractivity contribution >= 4 is 5.91 Å². The van der Waals surface area contributed by atoms with Crippen LogP contribution in [0.2, 0.25) is 0 Å². The van der Waals surface area contributed by atoms with Gasteiger partial charge in [0.15, 0.2) is 0 Å². The van der Waals surface area contributed by atoms with Crippen LogP contribution in [0.5, 0.6) is 11.5 Å². The molecule has 3 N–H and O–H groups in total. The Balaban J connectivity index is 1.37. The smallest absolute Gasteiger partial charge is 0.252 e. The highest BCUT2D eigenvalue weighted by molar-refractivity contribution is 5.98. The summed E-state index contributed by atoms with van der Waals surface area (Å²) in [5.41, 5.74) is 8.02. The largest absolute Gasteiger partial charge is 0.457 e. The molecular formula is C23H24N4O2. The van der Waals surface area contributed by atoms with Gasteiger partial charge in [-0.2, -0.15) is 5.10 Å². The Morgan fingerprint density at radius 2 is 1.83 bits per heavy atom. The van der Waals surface area contributed by atoms with Crippen molar-refractivity contribution in [2.45, 2.75) is 25.3 Å². The molecule has 6 heteroatoms. The molecule has 2 fully saturated rings. The molecule has 2 heterocycles. The summed E-state index contributed by atoms with van der Waals surface area (Å²) in [5, 5.41) is 8.20. The lowest BCUT2D eigenvalue weighted by atomic mass is 9.65. The standard InChI is InChI=1S/C23H24N4O2/c24-22(28)20-14-27(17-12-23(13-17)10-11-25-15-23)26-21(20)16-6-8-19(9-7-16)29-18-4-2-1-3-5-18/h1-9,14,17,25H,10-13,15H2,(H2,24,28)/t17-,23+. The van der Waals surface area contributed by atoms with Crippen LogP contribution in [0.15, 0.2) is 60.8 Å². The predicted molar refractivity (Wildman–Crippen MR) is 111 cm³/mol. The van der Waals surface area contributed by atoms with Crippen LogP contribution in [0.1, 0.15) is 35.7 Å². The van der Waals surface area contributed by atoms with Gasteiger partial charge in [-0.15, -0.1) is 0 Å². The second-order valence-corrected chi connectivity index (χ2v) is 8.16. The van der Waals surface area contributed by atoms with Crippen molar-refractivity contribution in [1.82, 2.24) is 15.1 Å². The Kier molecular flexibility index (Phi) is 4.36. The van der Waals surface area contributed by atoms with Crippen molar-refractivity contribution in [2.24, 2.45) is 11.1 Å². The fourth-order valence-electron chi connectivity index (χ4n) is 4.55. The molecule has 0 unspecified atom stereocenters. The van der Waals surface area contributed by atoms with Crippen molar-refractivity contribution in [3.8, 4) is 22.8 Å². The fourth-order valence-corrected chi connectivity index (χ4v) is 4.55. The average molecular weight is 388 g/mol. The molecule has 6 nitrogen and oxygen atoms in total. The van der Waals surface area contributed by atoms with Crippen LogP contribution < -0.4 is 15.8 Å². The molecule has 2 aromatic carbocycles. The molecular weight excluding hydrogens is 364 g/mol. The van der Waals surface area contributed by atoms with E-state index in [-0.39, 0.29) is 0 Å². The summed E-state index contributed by atoms with van der Waals surface area (Å²) in [6.07, 6.45) is 5.24. The first kappa shape index (κ1) is 17.9. The summed E-state index contributed by atoms with van der Waals surface area (Å²) in [7, 11) is 0. The van der Waals surface area contributed by atoms with Gasteiger partial charge in [0.25, 0.3) is 5.91 Å². The fraction of sp³-hybridized carbons (Fsp3) is 0.304. The molecule has 1 spiro atoms. The molecule has 29 heavy (non-hydrogen) atoms. The second kappa shape index (κ2) is 7.04. The van der Waals surface area contributed by atoms with Crippen LogP contribution in [-0.2, 0) is 0 Å². The van der Waals surface area contributed by atoms with Crippen molar-refractivity contribution in [2.75, 3.05) is 13.1 Å². The number of benzene rings is 2. The van der Waals surface area contributed by atoms with E-state index in [2.05, 4.69) is 5.32 Å². The van der Waals surface area contributed by atoms with E-state index in [9.17, 15) is 4.79 Å². The van der Waals surface area contributed by atoms with Gasteiger partial charge < -0.3 is 15.8 Å². The number of primary amides is 1. The van der Waals surface area contributed by atoms with Crippen LogP contribution in [0, 0.1) is 5.41 Å². The molecule has 0 bridgehead atoms. The number of nitrogens with zero attached hydrogens (tertiary/aromatic N) is 2. The zero-order valence-electron chi connectivity index (χ0n) is 16.2. The highest BCUT2D eigenvalue weighted by Crippen LogP contribution is 2.52. The summed E-state index contributed by atoms with van der Waals surface area (Å²) in [6.45, 7) is 2.18. The van der Waals surface area contributed by atoms with Crippen molar-refractivity contribution in [3.63, 3.8) is 0 Å². The minimum absolute atomic E-state index is 0.336. The Bertz CT molecular complexity index is 1010. The van der Waals surface area contributed by atoms with Gasteiger partial charge in [0.1, 0.15) is 17.2 Å². The summed E-state index contributed by atoms with van der Waals surface area (Å²) >= 11 is 0. The number of carbonyl (C=O) groups is 1. The number of aromatic nitrogens is 2. The molecule has 1 aromatic heterocycles. The summed E-state index contributed by atoms with van der Waals surface area (Å²) in [4.78, 5) is 12.0. The van der Waals surface area contributed by atoms with E-state index >= 15 is 0 Å². The lowest BCUT2D eigenvalue weighted by molar-refractivity contribution is 0.0758. The Hall–Kier alpha value is -3.12. The molecule has 1 aliphatic carbocycles. The van der Waals surface area contributed by atoms with E-state index in [1.54, 1.807) is 0 Å². The maximum atomic E-state index is 12.0. The van der Waals surface area contributed by atoms with Crippen LogP contribution in [-0.4, -0.2) is 28.8 Å². The minimum Gasteiger partial charge on any atom is -0.457 e. The van der Waals surface area contributed by atoms with Gasteiger partial charge in [0.2, 0.25) is 0 Å². The number of para-hydroxylation sites is 1. The maximum Gasteiger partial charge on any atom is 0.252 e. The molecule has 148 valence electrons. The van der Waals surface area contributed by atoms with E-state index in [1.807, 2.05) is 65.5 Å². The van der Waals surface area contributed by atoms with Gasteiger partial charge >= 0.3 is 0 Å². The molecule has 0 radical (unpaired) electrons. The molecule has 1 saturated carbocycles. The first-order valence-corrected chi connectivity index (χ1v) is 10.0. The zero-order chi connectivity index (χ0) is 19.8. The number of nitrogens with one attached hydrogen (secondary N) is 1. The number of ether oxygens (including phenoxy) is 1. The van der Waals surface area contributed by atoms with Crippen molar-refractivity contribution < 1.29 is 9.53 Å². The first-order chi connectivity index (χ1) is 14.1. The Morgan fingerprint density at radius 3 is 2.48 bits per heavy atom. The topological polar surface area (TPSA) is 82.2 Å². The van der Waals surface area contributed by atoms with Crippen LogP contribution in [0.3, 0.4) is 0 Å². The van der Waals surface area contributed by atoms with E-state index in [0.29, 0.717) is 22.7 Å². The molecule has 1 aliphatic heterocycles. The predicted octanol–water partition coefficient (Wildman–Crippen LogP) is 3.76. The number of amides is 1. The molecule has 5 rings (SSSR count). The number of nitrogens with two attached hydrogens (primary N) is 1. The highest BCUT2D eigenvalue weighted by atomic mass is 16.5. The number of hydrogen-bond acceptors (Lipinski definition) is 4. The third-order valence-corrected chi connectivity index (χ3v) is 6.15. The second-order valence-electron chi connectivity index (χ2n) is 8.16. The van der Waals surface area contributed by atoms with Crippen molar-refractivity contribution in [3.05, 3.63) is 66.4 Å². The van der Waals surface area contributed by atoms with Crippen LogP contribution in [0.25, 0.3) is 11.3 Å². The quantitative estimate of drug-likeness (QED) is 0.697. The molecule has 1 saturated heterocycles. The lowest BCUT2D eigenvalue weighted by Crippen LogP contribution is -2.40. The first-order valence-electron chi connectivity index (χ1n) is 10.0. The monoisotopic (exact) mass is 388 g/mol.